The number of hydrogen-bond donors (Lipinski definition) is 2. The van der Waals surface area contributed by atoms with Crippen LogP contribution in [0.2, 0.25) is 0 Å². The van der Waals surface area contributed by atoms with Gasteiger partial charge in [0.05, 0.1) is 13.2 Å². The Hall–Kier alpha value is -4.46. The van der Waals surface area contributed by atoms with Crippen LogP contribution in [0, 0.1) is 11.5 Å². The predicted molar refractivity (Wildman–Crippen MR) is 173 cm³/mol. The van der Waals surface area contributed by atoms with E-state index in [1.54, 1.807) is 23.7 Å². The molecule has 2 aromatic heterocycles. The fourth-order valence-corrected chi connectivity index (χ4v) is 6.58. The summed E-state index contributed by atoms with van der Waals surface area (Å²) >= 11 is 1.62. The van der Waals surface area contributed by atoms with Crippen LogP contribution in [0.4, 0.5) is 16.5 Å². The van der Waals surface area contributed by atoms with E-state index in [0.29, 0.717) is 12.5 Å². The molecular formula is C33H36N8OS. The molecule has 2 aliphatic rings. The third kappa shape index (κ3) is 7.31. The van der Waals surface area contributed by atoms with E-state index in [1.807, 2.05) is 24.5 Å². The first kappa shape index (κ1) is 28.6. The van der Waals surface area contributed by atoms with Gasteiger partial charge in [-0.25, -0.2) is 9.98 Å². The zero-order valence-electron chi connectivity index (χ0n) is 24.2. The summed E-state index contributed by atoms with van der Waals surface area (Å²) in [6, 6.07) is 18.6. The fourth-order valence-electron chi connectivity index (χ4n) is 5.71. The smallest absolute Gasteiger partial charge is 0.209 e. The molecule has 10 heteroatoms. The Morgan fingerprint density at radius 2 is 1.91 bits per heavy atom. The number of hydrogen-bond acceptors (Lipinski definition) is 8. The van der Waals surface area contributed by atoms with E-state index in [1.165, 1.54) is 54.7 Å². The van der Waals surface area contributed by atoms with Crippen molar-refractivity contribution in [3.63, 3.8) is 0 Å². The van der Waals surface area contributed by atoms with Gasteiger partial charge in [-0.15, -0.1) is 0 Å². The Morgan fingerprint density at radius 3 is 2.77 bits per heavy atom. The van der Waals surface area contributed by atoms with Crippen molar-refractivity contribution in [1.82, 2.24) is 20.2 Å². The van der Waals surface area contributed by atoms with Gasteiger partial charge in [-0.05, 0) is 85.8 Å². The number of piperidine rings is 1. The van der Waals surface area contributed by atoms with Gasteiger partial charge in [0.25, 0.3) is 0 Å². The number of pyridine rings is 1. The Balaban J connectivity index is 1.11. The molecule has 0 unspecified atom stereocenters. The Bertz CT molecular complexity index is 1580. The van der Waals surface area contributed by atoms with E-state index in [-0.39, 0.29) is 0 Å². The lowest BCUT2D eigenvalue weighted by molar-refractivity contribution is 0.205. The molecule has 6 rings (SSSR count). The lowest BCUT2D eigenvalue weighted by Crippen LogP contribution is -2.31. The van der Waals surface area contributed by atoms with Crippen molar-refractivity contribution < 1.29 is 4.74 Å². The lowest BCUT2D eigenvalue weighted by atomic mass is 9.98. The molecule has 0 atom stereocenters. The summed E-state index contributed by atoms with van der Waals surface area (Å²) in [5, 5.41) is 15.8. The van der Waals surface area contributed by atoms with Crippen molar-refractivity contribution in [2.45, 2.75) is 38.6 Å². The number of nitriles is 1. The SMILES string of the molecule is N#CNC(=NCc1cnc(N2CCc3c(-c4cccc(OCCCN5CCCCC5)c4)cccc32)s1)Nc1ccncc1. The number of rotatable bonds is 10. The van der Waals surface area contributed by atoms with Gasteiger partial charge in [0, 0.05) is 47.9 Å². The maximum Gasteiger partial charge on any atom is 0.209 e. The second kappa shape index (κ2) is 14.1. The van der Waals surface area contributed by atoms with E-state index in [0.717, 1.165) is 54.0 Å². The number of aliphatic imine (C=N–C) groups is 1. The largest absolute Gasteiger partial charge is 0.494 e. The van der Waals surface area contributed by atoms with Crippen molar-refractivity contribution >= 4 is 33.8 Å². The van der Waals surface area contributed by atoms with Crippen molar-refractivity contribution in [3.05, 3.63) is 83.6 Å². The molecule has 220 valence electrons. The Labute approximate surface area is 256 Å². The van der Waals surface area contributed by atoms with Gasteiger partial charge >= 0.3 is 0 Å². The number of fused-ring (bicyclic) bond motifs is 1. The Morgan fingerprint density at radius 1 is 1.05 bits per heavy atom. The quantitative estimate of drug-likeness (QED) is 0.0739. The summed E-state index contributed by atoms with van der Waals surface area (Å²) in [6.45, 7) is 5.60. The van der Waals surface area contributed by atoms with Crippen LogP contribution < -0.4 is 20.3 Å². The third-order valence-corrected chi connectivity index (χ3v) is 8.80. The van der Waals surface area contributed by atoms with Gasteiger partial charge in [-0.3, -0.25) is 10.3 Å². The molecule has 1 fully saturated rings. The van der Waals surface area contributed by atoms with Crippen LogP contribution in [0.25, 0.3) is 11.1 Å². The standard InChI is InChI=1S/C33H36N8OS/c34-24-38-32(39-26-11-14-35-15-12-26)36-22-28-23-37-33(43-28)41-19-13-30-29(9-5-10-31(30)41)25-7-4-8-27(21-25)42-20-6-18-40-16-2-1-3-17-40/h4-5,7-12,14-15,21,23H,1-3,6,13,16-20,22H2,(H2,35,36,38,39). The highest BCUT2D eigenvalue weighted by atomic mass is 32.1. The van der Waals surface area contributed by atoms with Gasteiger partial charge < -0.3 is 19.9 Å². The molecule has 2 aromatic carbocycles. The number of nitrogens with one attached hydrogen (secondary N) is 2. The summed E-state index contributed by atoms with van der Waals surface area (Å²) < 4.78 is 6.17. The number of nitrogens with zero attached hydrogens (tertiary/aromatic N) is 6. The van der Waals surface area contributed by atoms with Crippen LogP contribution in [-0.4, -0.2) is 53.6 Å². The monoisotopic (exact) mass is 592 g/mol. The molecule has 0 spiro atoms. The number of aromatic nitrogens is 2. The van der Waals surface area contributed by atoms with Crippen molar-refractivity contribution in [2.24, 2.45) is 4.99 Å². The first-order valence-corrected chi connectivity index (χ1v) is 15.7. The molecule has 0 aliphatic carbocycles. The van der Waals surface area contributed by atoms with E-state index < -0.39 is 0 Å². The second-order valence-corrected chi connectivity index (χ2v) is 11.8. The normalized spacial score (nSPS) is 15.1. The van der Waals surface area contributed by atoms with Crippen LogP contribution in [0.3, 0.4) is 0 Å². The average Bonchev–Trinajstić information content (AvgIpc) is 3.70. The second-order valence-electron chi connectivity index (χ2n) is 10.7. The summed E-state index contributed by atoms with van der Waals surface area (Å²) in [5.74, 6) is 1.31. The molecule has 0 saturated carbocycles. The summed E-state index contributed by atoms with van der Waals surface area (Å²) in [6.07, 6.45) is 13.2. The molecule has 2 aliphatic heterocycles. The van der Waals surface area contributed by atoms with Crippen molar-refractivity contribution in [2.75, 3.05) is 43.0 Å². The molecule has 0 radical (unpaired) electrons. The topological polar surface area (TPSA) is 102 Å². The maximum absolute atomic E-state index is 9.15. The van der Waals surface area contributed by atoms with Crippen LogP contribution in [-0.2, 0) is 13.0 Å². The maximum atomic E-state index is 9.15. The molecule has 2 N–H and O–H groups in total. The van der Waals surface area contributed by atoms with Gasteiger partial charge in [0.2, 0.25) is 5.96 Å². The van der Waals surface area contributed by atoms with Crippen molar-refractivity contribution in [1.29, 1.82) is 5.26 Å². The van der Waals surface area contributed by atoms with E-state index in [4.69, 9.17) is 15.0 Å². The Kier molecular flexibility index (Phi) is 9.42. The van der Waals surface area contributed by atoms with Crippen LogP contribution in [0.1, 0.15) is 36.1 Å². The zero-order chi connectivity index (χ0) is 29.3. The molecule has 0 amide bonds. The molecule has 43 heavy (non-hydrogen) atoms. The molecule has 9 nitrogen and oxygen atoms in total. The predicted octanol–water partition coefficient (Wildman–Crippen LogP) is 6.19. The van der Waals surface area contributed by atoms with Crippen molar-refractivity contribution in [3.8, 4) is 23.1 Å². The van der Waals surface area contributed by atoms with Crippen LogP contribution >= 0.6 is 11.3 Å². The van der Waals surface area contributed by atoms with Gasteiger partial charge in [0.1, 0.15) is 5.75 Å². The van der Waals surface area contributed by atoms with Gasteiger partial charge in [0.15, 0.2) is 11.3 Å². The number of guanidine groups is 1. The summed E-state index contributed by atoms with van der Waals surface area (Å²) in [4.78, 5) is 19.2. The van der Waals surface area contributed by atoms with Gasteiger partial charge in [-0.1, -0.05) is 42.0 Å². The number of benzene rings is 2. The fraction of sp³-hybridized carbons (Fsp3) is 0.333. The minimum atomic E-state index is 0.382. The van der Waals surface area contributed by atoms with E-state index >= 15 is 0 Å². The summed E-state index contributed by atoms with van der Waals surface area (Å²) in [5.41, 5.74) is 5.76. The molecular weight excluding hydrogens is 556 g/mol. The third-order valence-electron chi connectivity index (χ3n) is 7.79. The first-order valence-electron chi connectivity index (χ1n) is 14.9. The molecule has 0 bridgehead atoms. The molecule has 1 saturated heterocycles. The lowest BCUT2D eigenvalue weighted by Gasteiger charge is -2.26. The first-order chi connectivity index (χ1) is 21.3. The number of thiazole rings is 1. The summed E-state index contributed by atoms with van der Waals surface area (Å²) in [7, 11) is 0. The average molecular weight is 593 g/mol. The van der Waals surface area contributed by atoms with Gasteiger partial charge in [-0.2, -0.15) is 5.26 Å². The van der Waals surface area contributed by atoms with Crippen LogP contribution in [0.15, 0.2) is 78.2 Å². The van der Waals surface area contributed by atoms with E-state index in [9.17, 15) is 0 Å². The minimum absolute atomic E-state index is 0.382. The number of ether oxygens (including phenoxy) is 1. The number of likely N-dealkylation sites (tertiary alicyclic amines) is 1. The minimum Gasteiger partial charge on any atom is -0.494 e. The highest BCUT2D eigenvalue weighted by Gasteiger charge is 2.25. The zero-order valence-corrected chi connectivity index (χ0v) is 25.0. The highest BCUT2D eigenvalue weighted by molar-refractivity contribution is 7.15. The highest BCUT2D eigenvalue weighted by Crippen LogP contribution is 2.41. The molecule has 4 aromatic rings. The van der Waals surface area contributed by atoms with Crippen LogP contribution in [0.5, 0.6) is 5.75 Å². The van der Waals surface area contributed by atoms with E-state index in [2.05, 4.69) is 72.9 Å². The molecule has 4 heterocycles. The number of anilines is 3.